The SMILES string of the molecule is CO[C@@H](C)[C@@]12C[C@@H](C)C[C@@H](C1)N2C(=O)Nc1cc(-c2ncc3cccn3n2)c(C(F)(F)F)cn1. The Kier molecular flexibility index (Phi) is 5.27. The summed E-state index contributed by atoms with van der Waals surface area (Å²) < 4.78 is 48.2. The van der Waals surface area contributed by atoms with Crippen molar-refractivity contribution in [2.75, 3.05) is 12.4 Å². The number of halogens is 3. The third kappa shape index (κ3) is 3.58. The second-order valence-electron chi connectivity index (χ2n) is 9.26. The summed E-state index contributed by atoms with van der Waals surface area (Å²) in [4.78, 5) is 23.0. The molecule has 34 heavy (non-hydrogen) atoms. The molecule has 0 unspecified atom stereocenters. The predicted octanol–water partition coefficient (Wildman–Crippen LogP) is 4.62. The van der Waals surface area contributed by atoms with E-state index in [0.717, 1.165) is 19.3 Å². The number of urea groups is 1. The third-order valence-corrected chi connectivity index (χ3v) is 7.11. The summed E-state index contributed by atoms with van der Waals surface area (Å²) >= 11 is 0. The van der Waals surface area contributed by atoms with Crippen molar-refractivity contribution in [1.82, 2.24) is 24.5 Å². The van der Waals surface area contributed by atoms with Gasteiger partial charge in [-0.15, -0.1) is 5.10 Å². The van der Waals surface area contributed by atoms with E-state index in [-0.39, 0.29) is 29.4 Å². The van der Waals surface area contributed by atoms with E-state index in [1.54, 1.807) is 30.3 Å². The minimum absolute atomic E-state index is 0.00226. The van der Waals surface area contributed by atoms with Gasteiger partial charge in [0.25, 0.3) is 0 Å². The van der Waals surface area contributed by atoms with Crippen molar-refractivity contribution in [1.29, 1.82) is 0 Å². The number of ether oxygens (including phenoxy) is 1. The van der Waals surface area contributed by atoms with Crippen LogP contribution in [0.1, 0.15) is 38.7 Å². The number of rotatable bonds is 4. The molecule has 1 saturated carbocycles. The molecule has 4 atom stereocenters. The number of pyridine rings is 1. The Labute approximate surface area is 194 Å². The number of fused-ring (bicyclic) bond motifs is 3. The van der Waals surface area contributed by atoms with Gasteiger partial charge in [-0.25, -0.2) is 19.3 Å². The molecule has 1 aliphatic heterocycles. The van der Waals surface area contributed by atoms with Gasteiger partial charge in [0.1, 0.15) is 5.82 Å². The summed E-state index contributed by atoms with van der Waals surface area (Å²) in [5.41, 5.74) is -1.02. The van der Waals surface area contributed by atoms with Crippen LogP contribution in [-0.2, 0) is 10.9 Å². The molecule has 2 bridgehead atoms. The van der Waals surface area contributed by atoms with Crippen LogP contribution in [0.4, 0.5) is 23.8 Å². The lowest BCUT2D eigenvalue weighted by Gasteiger charge is -2.65. The minimum atomic E-state index is -4.66. The quantitative estimate of drug-likeness (QED) is 0.597. The molecule has 1 saturated heterocycles. The zero-order valence-corrected chi connectivity index (χ0v) is 19.0. The summed E-state index contributed by atoms with van der Waals surface area (Å²) in [7, 11) is 1.62. The first-order valence-corrected chi connectivity index (χ1v) is 11.1. The highest BCUT2D eigenvalue weighted by Gasteiger charge is 2.61. The Hall–Kier alpha value is -3.21. The molecule has 4 heterocycles. The molecule has 0 aromatic carbocycles. The van der Waals surface area contributed by atoms with Crippen molar-refractivity contribution in [2.45, 2.75) is 57.0 Å². The normalized spacial score (nSPS) is 25.2. The average Bonchev–Trinajstić information content (AvgIpc) is 3.25. The topological polar surface area (TPSA) is 84.7 Å². The number of methoxy groups -OCH3 is 1. The van der Waals surface area contributed by atoms with E-state index < -0.39 is 23.3 Å². The lowest BCUT2D eigenvalue weighted by Crippen LogP contribution is -2.76. The molecule has 2 fully saturated rings. The fourth-order valence-corrected chi connectivity index (χ4v) is 5.55. The number of anilines is 1. The maximum atomic E-state index is 13.7. The third-order valence-electron chi connectivity index (χ3n) is 7.11. The summed E-state index contributed by atoms with van der Waals surface area (Å²) in [5.74, 6) is 0.340. The number of nitrogens with one attached hydrogen (secondary N) is 1. The van der Waals surface area contributed by atoms with Gasteiger partial charge in [-0.1, -0.05) is 6.92 Å². The first-order valence-electron chi connectivity index (χ1n) is 11.1. The number of piperidine rings is 1. The van der Waals surface area contributed by atoms with Crippen molar-refractivity contribution in [3.8, 4) is 11.4 Å². The minimum Gasteiger partial charge on any atom is -0.379 e. The highest BCUT2D eigenvalue weighted by Crippen LogP contribution is 2.52. The molecule has 180 valence electrons. The zero-order chi connectivity index (χ0) is 24.3. The van der Waals surface area contributed by atoms with E-state index in [4.69, 9.17) is 4.74 Å². The van der Waals surface area contributed by atoms with Gasteiger partial charge in [0.05, 0.1) is 28.9 Å². The molecule has 0 radical (unpaired) electrons. The van der Waals surface area contributed by atoms with Crippen molar-refractivity contribution in [3.63, 3.8) is 0 Å². The molecule has 3 aromatic rings. The van der Waals surface area contributed by atoms with Gasteiger partial charge in [-0.2, -0.15) is 13.2 Å². The van der Waals surface area contributed by atoms with Crippen LogP contribution in [0.5, 0.6) is 0 Å². The molecule has 0 spiro atoms. The van der Waals surface area contributed by atoms with E-state index in [2.05, 4.69) is 27.3 Å². The second kappa shape index (κ2) is 7.93. The number of alkyl halides is 3. The fourth-order valence-electron chi connectivity index (χ4n) is 5.55. The Morgan fingerprint density at radius 3 is 2.82 bits per heavy atom. The first-order chi connectivity index (χ1) is 16.1. The maximum Gasteiger partial charge on any atom is 0.418 e. The number of carbonyl (C=O) groups is 1. The van der Waals surface area contributed by atoms with Gasteiger partial charge in [0.15, 0.2) is 5.82 Å². The summed E-state index contributed by atoms with van der Waals surface area (Å²) in [5, 5.41) is 6.90. The van der Waals surface area contributed by atoms with E-state index in [9.17, 15) is 18.0 Å². The van der Waals surface area contributed by atoms with Crippen LogP contribution in [0.25, 0.3) is 16.9 Å². The second-order valence-corrected chi connectivity index (χ2v) is 9.26. The lowest BCUT2D eigenvalue weighted by atomic mass is 9.62. The molecule has 2 aliphatic rings. The molecule has 11 heteroatoms. The Balaban J connectivity index is 1.48. The van der Waals surface area contributed by atoms with E-state index >= 15 is 0 Å². The molecular weight excluding hydrogens is 449 g/mol. The highest BCUT2D eigenvalue weighted by molar-refractivity contribution is 5.91. The Morgan fingerprint density at radius 1 is 1.29 bits per heavy atom. The predicted molar refractivity (Wildman–Crippen MR) is 118 cm³/mol. The molecule has 8 nitrogen and oxygen atoms in total. The van der Waals surface area contributed by atoms with Crippen molar-refractivity contribution < 1.29 is 22.7 Å². The molecule has 1 N–H and O–H groups in total. The molecular formula is C23H25F3N6O2. The smallest absolute Gasteiger partial charge is 0.379 e. The number of aromatic nitrogens is 4. The molecule has 1 aliphatic carbocycles. The number of likely N-dealkylation sites (tertiary alicyclic amines) is 1. The van der Waals surface area contributed by atoms with Gasteiger partial charge in [-0.05, 0) is 50.3 Å². The number of amides is 2. The number of nitrogens with zero attached hydrogens (tertiary/aromatic N) is 5. The van der Waals surface area contributed by atoms with E-state index in [1.807, 2.05) is 6.92 Å². The van der Waals surface area contributed by atoms with Crippen molar-refractivity contribution >= 4 is 17.4 Å². The Morgan fingerprint density at radius 2 is 2.09 bits per heavy atom. The standard InChI is InChI=1S/C23H25F3N6O2/c1-13-7-16-10-22(9-13,14(2)34-3)32(16)21(33)29-19-8-17(18(12-27-19)23(24,25)26)20-28-11-15-5-4-6-31(15)30-20/h4-6,8,11-14,16H,7,9-10H2,1-3H3,(H,27,29,33)/t13-,14-,16-,22+/m0/s1. The van der Waals surface area contributed by atoms with Gasteiger partial charge < -0.3 is 9.64 Å². The number of hydrogen-bond acceptors (Lipinski definition) is 5. The largest absolute Gasteiger partial charge is 0.418 e. The summed E-state index contributed by atoms with van der Waals surface area (Å²) in [6.45, 7) is 4.10. The van der Waals surface area contributed by atoms with Crippen LogP contribution in [0.3, 0.4) is 0 Å². The first kappa shape index (κ1) is 22.6. The van der Waals surface area contributed by atoms with E-state index in [1.165, 1.54) is 16.8 Å². The van der Waals surface area contributed by atoms with Crippen LogP contribution >= 0.6 is 0 Å². The van der Waals surface area contributed by atoms with Gasteiger partial charge >= 0.3 is 12.2 Å². The molecule has 5 rings (SSSR count). The number of hydrogen-bond donors (Lipinski definition) is 1. The summed E-state index contributed by atoms with van der Waals surface area (Å²) in [6.07, 6.45) is 1.47. The monoisotopic (exact) mass is 474 g/mol. The van der Waals surface area contributed by atoms with E-state index in [0.29, 0.717) is 17.6 Å². The fraction of sp³-hybridized carbons (Fsp3) is 0.478. The van der Waals surface area contributed by atoms with Gasteiger partial charge in [0.2, 0.25) is 0 Å². The molecule has 2 amide bonds. The maximum absolute atomic E-state index is 13.7. The Bertz CT molecular complexity index is 1240. The number of carbonyl (C=O) groups excluding carboxylic acids is 1. The van der Waals surface area contributed by atoms with Crippen LogP contribution < -0.4 is 5.32 Å². The van der Waals surface area contributed by atoms with Crippen LogP contribution in [0, 0.1) is 5.92 Å². The van der Waals surface area contributed by atoms with Crippen LogP contribution in [0.15, 0.2) is 36.8 Å². The summed E-state index contributed by atoms with van der Waals surface area (Å²) in [6, 6.07) is 4.31. The van der Waals surface area contributed by atoms with Crippen LogP contribution in [-0.4, -0.2) is 55.3 Å². The van der Waals surface area contributed by atoms with Crippen molar-refractivity contribution in [2.24, 2.45) is 5.92 Å². The molecule has 3 aromatic heterocycles. The van der Waals surface area contributed by atoms with Gasteiger partial charge in [-0.3, -0.25) is 5.32 Å². The van der Waals surface area contributed by atoms with Crippen molar-refractivity contribution in [3.05, 3.63) is 42.4 Å². The van der Waals surface area contributed by atoms with Crippen LogP contribution in [0.2, 0.25) is 0 Å². The lowest BCUT2D eigenvalue weighted by molar-refractivity contribution is -0.155. The average molecular weight is 474 g/mol. The highest BCUT2D eigenvalue weighted by atomic mass is 19.4. The van der Waals surface area contributed by atoms with Gasteiger partial charge in [0, 0.05) is 31.1 Å². The zero-order valence-electron chi connectivity index (χ0n) is 19.0.